The van der Waals surface area contributed by atoms with Crippen LogP contribution in [0.25, 0.3) is 0 Å². The van der Waals surface area contributed by atoms with Gasteiger partial charge in [0.25, 0.3) is 0 Å². The average Bonchev–Trinajstić information content (AvgIpc) is 3.46. The molecule has 10 nitrogen and oxygen atoms in total. The maximum atomic E-state index is 13.9. The fourth-order valence-corrected chi connectivity index (χ4v) is 5.43. The van der Waals surface area contributed by atoms with Crippen molar-refractivity contribution in [1.82, 2.24) is 26.2 Å². The fraction of sp³-hybridized carbons (Fsp3) is 0.452. The first-order valence-electron chi connectivity index (χ1n) is 14.4. The molecule has 2 saturated heterocycles. The maximum Gasteiger partial charge on any atom is 0.246 e. The second-order valence-corrected chi connectivity index (χ2v) is 10.7. The van der Waals surface area contributed by atoms with Gasteiger partial charge >= 0.3 is 0 Å². The third kappa shape index (κ3) is 8.39. The lowest BCUT2D eigenvalue weighted by molar-refractivity contribution is -0.143. The minimum atomic E-state index is -0.955. The molecule has 0 bridgehead atoms. The normalized spacial score (nSPS) is 23.4. The minimum absolute atomic E-state index is 0.131. The molecule has 2 heterocycles. The van der Waals surface area contributed by atoms with Crippen LogP contribution in [0.1, 0.15) is 50.2 Å². The highest BCUT2D eigenvalue weighted by molar-refractivity contribution is 5.98. The molecule has 41 heavy (non-hydrogen) atoms. The third-order valence-electron chi connectivity index (χ3n) is 7.58. The molecule has 2 aromatic carbocycles. The number of benzene rings is 2. The molecule has 0 spiro atoms. The lowest BCUT2D eigenvalue weighted by Crippen LogP contribution is -2.62. The van der Waals surface area contributed by atoms with Crippen molar-refractivity contribution in [2.75, 3.05) is 13.1 Å². The highest BCUT2D eigenvalue weighted by Gasteiger charge is 2.40. The van der Waals surface area contributed by atoms with Crippen molar-refractivity contribution in [3.05, 3.63) is 71.8 Å². The molecule has 0 aromatic heterocycles. The minimum Gasteiger partial charge on any atom is -0.356 e. The molecule has 4 atom stereocenters. The van der Waals surface area contributed by atoms with Crippen molar-refractivity contribution in [3.8, 4) is 0 Å². The number of nitrogens with zero attached hydrogens (tertiary/aromatic N) is 1. The Hall–Kier alpha value is -4.21. The number of carbonyl (C=O) groups is 5. The van der Waals surface area contributed by atoms with Crippen LogP contribution in [0.15, 0.2) is 60.7 Å². The predicted molar refractivity (Wildman–Crippen MR) is 153 cm³/mol. The lowest BCUT2D eigenvalue weighted by Gasteiger charge is -2.32. The second-order valence-electron chi connectivity index (χ2n) is 10.7. The van der Waals surface area contributed by atoms with Crippen LogP contribution in [-0.2, 0) is 36.8 Å². The van der Waals surface area contributed by atoms with Gasteiger partial charge in [0.05, 0.1) is 0 Å². The van der Waals surface area contributed by atoms with E-state index in [1.807, 2.05) is 60.7 Å². The number of fused-ring (bicyclic) bond motifs is 1. The summed E-state index contributed by atoms with van der Waals surface area (Å²) in [4.78, 5) is 67.4. The van der Waals surface area contributed by atoms with E-state index in [-0.39, 0.29) is 30.6 Å². The summed E-state index contributed by atoms with van der Waals surface area (Å²) in [6.07, 6.45) is 3.15. The van der Waals surface area contributed by atoms with Gasteiger partial charge in [-0.15, -0.1) is 0 Å². The zero-order valence-corrected chi connectivity index (χ0v) is 23.4. The Morgan fingerprint density at radius 3 is 1.98 bits per heavy atom. The first-order valence-corrected chi connectivity index (χ1v) is 14.4. The van der Waals surface area contributed by atoms with E-state index in [4.69, 9.17) is 0 Å². The Morgan fingerprint density at radius 1 is 0.780 bits per heavy atom. The van der Waals surface area contributed by atoms with Gasteiger partial charge < -0.3 is 26.2 Å². The van der Waals surface area contributed by atoms with Crippen LogP contribution in [0.4, 0.5) is 0 Å². The van der Waals surface area contributed by atoms with E-state index in [1.54, 1.807) is 4.90 Å². The van der Waals surface area contributed by atoms with E-state index in [0.29, 0.717) is 45.2 Å². The third-order valence-corrected chi connectivity index (χ3v) is 7.58. The van der Waals surface area contributed by atoms with Crippen molar-refractivity contribution < 1.29 is 24.0 Å². The van der Waals surface area contributed by atoms with Gasteiger partial charge in [0.2, 0.25) is 29.5 Å². The highest BCUT2D eigenvalue weighted by atomic mass is 16.2. The largest absolute Gasteiger partial charge is 0.356 e. The highest BCUT2D eigenvalue weighted by Crippen LogP contribution is 2.21. The molecule has 4 rings (SSSR count). The van der Waals surface area contributed by atoms with Gasteiger partial charge in [0.1, 0.15) is 24.2 Å². The number of unbranched alkanes of at least 4 members (excludes halogenated alkanes) is 1. The van der Waals surface area contributed by atoms with Gasteiger partial charge in [-0.25, -0.2) is 0 Å². The van der Waals surface area contributed by atoms with E-state index in [2.05, 4.69) is 21.3 Å². The molecule has 0 saturated carbocycles. The van der Waals surface area contributed by atoms with Crippen LogP contribution in [0.5, 0.6) is 0 Å². The first-order chi connectivity index (χ1) is 19.8. The Morgan fingerprint density at radius 2 is 1.34 bits per heavy atom. The van der Waals surface area contributed by atoms with Crippen LogP contribution in [0, 0.1) is 0 Å². The molecule has 2 aliphatic rings. The summed E-state index contributed by atoms with van der Waals surface area (Å²) in [5.74, 6) is -1.72. The molecule has 2 fully saturated rings. The maximum absolute atomic E-state index is 13.9. The molecule has 2 aromatic rings. The van der Waals surface area contributed by atoms with Crippen molar-refractivity contribution in [1.29, 1.82) is 0 Å². The molecule has 5 amide bonds. The van der Waals surface area contributed by atoms with Crippen LogP contribution < -0.4 is 21.3 Å². The zero-order chi connectivity index (χ0) is 29.2. The summed E-state index contributed by atoms with van der Waals surface area (Å²) in [5.41, 5.74) is 1.72. The summed E-state index contributed by atoms with van der Waals surface area (Å²) in [7, 11) is 0. The van der Waals surface area contributed by atoms with Crippen molar-refractivity contribution in [2.24, 2.45) is 0 Å². The topological polar surface area (TPSA) is 137 Å². The number of nitrogens with one attached hydrogen (secondary N) is 4. The number of carbonyl (C=O) groups excluding carboxylic acids is 5. The van der Waals surface area contributed by atoms with Crippen LogP contribution in [-0.4, -0.2) is 71.7 Å². The molecule has 0 aliphatic carbocycles. The van der Waals surface area contributed by atoms with Crippen LogP contribution in [0.3, 0.4) is 0 Å². The van der Waals surface area contributed by atoms with Crippen molar-refractivity contribution >= 4 is 29.5 Å². The Balaban J connectivity index is 1.61. The predicted octanol–water partition coefficient (Wildman–Crippen LogP) is 1.24. The van der Waals surface area contributed by atoms with E-state index in [0.717, 1.165) is 11.1 Å². The smallest absolute Gasteiger partial charge is 0.246 e. The first kappa shape index (κ1) is 29.8. The van der Waals surface area contributed by atoms with Crippen LogP contribution >= 0.6 is 0 Å². The average molecular weight is 562 g/mol. The van der Waals surface area contributed by atoms with E-state index < -0.39 is 36.0 Å². The lowest BCUT2D eigenvalue weighted by atomic mass is 10.00. The van der Waals surface area contributed by atoms with Gasteiger partial charge in [0.15, 0.2) is 0 Å². The fourth-order valence-electron chi connectivity index (χ4n) is 5.43. The van der Waals surface area contributed by atoms with Crippen molar-refractivity contribution in [2.45, 2.75) is 76.0 Å². The number of amides is 5. The second kappa shape index (κ2) is 14.4. The molecule has 4 unspecified atom stereocenters. The standard InChI is InChI=1S/C31H39N5O5/c1-21(37)32-17-9-8-15-24-28(38)34-25(19-22-11-4-2-5-12-22)29(39)35-26(20-23-13-6-3-7-14-23)31(41)36-18-10-16-27(36)30(40)33-24/h2-7,11-14,24-27H,8-10,15-20H2,1H3,(H,32,37)(H,33,40)(H,34,38)(H,35,39). The molecular formula is C31H39N5O5. The number of hydrogen-bond donors (Lipinski definition) is 4. The summed E-state index contributed by atoms with van der Waals surface area (Å²) >= 11 is 0. The quantitative estimate of drug-likeness (QED) is 0.342. The molecule has 0 radical (unpaired) electrons. The van der Waals surface area contributed by atoms with E-state index >= 15 is 0 Å². The van der Waals surface area contributed by atoms with Gasteiger partial charge in [-0.2, -0.15) is 0 Å². The molecule has 4 N–H and O–H groups in total. The molecule has 10 heteroatoms. The molecular weight excluding hydrogens is 522 g/mol. The Bertz CT molecular complexity index is 1220. The number of rotatable bonds is 9. The SMILES string of the molecule is CC(=O)NCCCCC1NC(=O)C2CCCN2C(=O)C(Cc2ccccc2)NC(=O)C(Cc2ccccc2)NC1=O. The number of hydrogen-bond acceptors (Lipinski definition) is 5. The van der Waals surface area contributed by atoms with E-state index in [1.165, 1.54) is 6.92 Å². The summed E-state index contributed by atoms with van der Waals surface area (Å²) in [6, 6.07) is 15.3. The van der Waals surface area contributed by atoms with Gasteiger partial charge in [-0.05, 0) is 43.2 Å². The molecule has 2 aliphatic heterocycles. The monoisotopic (exact) mass is 561 g/mol. The summed E-state index contributed by atoms with van der Waals surface area (Å²) < 4.78 is 0. The Labute approximate surface area is 240 Å². The summed E-state index contributed by atoms with van der Waals surface area (Å²) in [5, 5.41) is 11.4. The zero-order valence-electron chi connectivity index (χ0n) is 23.4. The van der Waals surface area contributed by atoms with Crippen molar-refractivity contribution in [3.63, 3.8) is 0 Å². The molecule has 218 valence electrons. The van der Waals surface area contributed by atoms with Gasteiger partial charge in [-0.1, -0.05) is 60.7 Å². The van der Waals surface area contributed by atoms with Gasteiger partial charge in [-0.3, -0.25) is 24.0 Å². The Kier molecular flexibility index (Phi) is 10.5. The summed E-state index contributed by atoms with van der Waals surface area (Å²) in [6.45, 7) is 2.31. The van der Waals surface area contributed by atoms with Crippen LogP contribution in [0.2, 0.25) is 0 Å². The van der Waals surface area contributed by atoms with E-state index in [9.17, 15) is 24.0 Å². The van der Waals surface area contributed by atoms with Gasteiger partial charge in [0, 0.05) is 32.9 Å².